The Balaban J connectivity index is 2.07. The Kier molecular flexibility index (Phi) is 3.54. The average Bonchev–Trinajstić information content (AvgIpc) is 2.91. The van der Waals surface area contributed by atoms with Crippen LogP contribution in [0.25, 0.3) is 5.69 Å². The van der Waals surface area contributed by atoms with E-state index in [1.54, 1.807) is 23.0 Å². The largest absolute Gasteiger partial charge is 0.324 e. The van der Waals surface area contributed by atoms with Crippen LogP contribution in [0.1, 0.15) is 5.56 Å². The lowest BCUT2D eigenvalue weighted by Gasteiger charge is -2.10. The molecule has 0 saturated carbocycles. The molecule has 0 aliphatic rings. The number of hydrogen-bond donors (Lipinski definition) is 1. The number of hydrogen-bond acceptors (Lipinski definition) is 4. The minimum absolute atomic E-state index is 0.431. The van der Waals surface area contributed by atoms with Crippen LogP contribution in [0.2, 0.25) is 5.02 Å². The van der Waals surface area contributed by atoms with E-state index in [9.17, 15) is 5.26 Å². The van der Waals surface area contributed by atoms with Crippen LogP contribution in [0.3, 0.4) is 0 Å². The molecule has 0 amide bonds. The highest BCUT2D eigenvalue weighted by molar-refractivity contribution is 6.30. The standard InChI is InChI=1S/C15H10ClN5/c16-12-4-3-5-13(8-12)21-15(11(9-17)10-19-21)20-14-6-1-2-7-18-14/h1-8,10H,(H,18,20). The van der Waals surface area contributed by atoms with E-state index in [0.29, 0.717) is 22.2 Å². The number of nitrogens with zero attached hydrogens (tertiary/aromatic N) is 4. The lowest BCUT2D eigenvalue weighted by Crippen LogP contribution is -2.04. The summed E-state index contributed by atoms with van der Waals surface area (Å²) >= 11 is 6.01. The lowest BCUT2D eigenvalue weighted by molar-refractivity contribution is 0.887. The first-order valence-electron chi connectivity index (χ1n) is 6.20. The summed E-state index contributed by atoms with van der Waals surface area (Å²) in [4.78, 5) is 4.19. The zero-order valence-corrected chi connectivity index (χ0v) is 11.6. The Morgan fingerprint density at radius 1 is 1.19 bits per heavy atom. The molecule has 3 aromatic rings. The Morgan fingerprint density at radius 2 is 2.10 bits per heavy atom. The second kappa shape index (κ2) is 5.65. The van der Waals surface area contributed by atoms with Crippen LogP contribution in [0, 0.1) is 11.3 Å². The third kappa shape index (κ3) is 2.71. The van der Waals surface area contributed by atoms with E-state index in [4.69, 9.17) is 11.6 Å². The number of pyridine rings is 1. The highest BCUT2D eigenvalue weighted by Crippen LogP contribution is 2.24. The van der Waals surface area contributed by atoms with Crippen molar-refractivity contribution in [2.75, 3.05) is 5.32 Å². The molecule has 3 rings (SSSR count). The minimum Gasteiger partial charge on any atom is -0.324 e. The number of halogens is 1. The fraction of sp³-hybridized carbons (Fsp3) is 0. The molecule has 21 heavy (non-hydrogen) atoms. The minimum atomic E-state index is 0.431. The van der Waals surface area contributed by atoms with E-state index < -0.39 is 0 Å². The van der Waals surface area contributed by atoms with Gasteiger partial charge in [0.15, 0.2) is 5.82 Å². The topological polar surface area (TPSA) is 66.5 Å². The van der Waals surface area contributed by atoms with Crippen molar-refractivity contribution in [3.63, 3.8) is 0 Å². The summed E-state index contributed by atoms with van der Waals surface area (Å²) in [6, 6.07) is 14.9. The zero-order chi connectivity index (χ0) is 14.7. The van der Waals surface area contributed by atoms with Gasteiger partial charge in [0.1, 0.15) is 17.5 Å². The fourth-order valence-corrected chi connectivity index (χ4v) is 2.10. The molecule has 0 aliphatic heterocycles. The summed E-state index contributed by atoms with van der Waals surface area (Å²) in [6.45, 7) is 0. The van der Waals surface area contributed by atoms with E-state index in [1.165, 1.54) is 6.20 Å². The summed E-state index contributed by atoms with van der Waals surface area (Å²) in [5, 5.41) is 17.2. The first-order valence-corrected chi connectivity index (χ1v) is 6.58. The van der Waals surface area contributed by atoms with Crippen molar-refractivity contribution in [2.24, 2.45) is 0 Å². The number of anilines is 2. The van der Waals surface area contributed by atoms with Gasteiger partial charge >= 0.3 is 0 Å². The fourth-order valence-electron chi connectivity index (χ4n) is 1.91. The molecule has 0 bridgehead atoms. The molecule has 5 nitrogen and oxygen atoms in total. The Labute approximate surface area is 126 Å². The molecule has 2 aromatic heterocycles. The number of benzene rings is 1. The van der Waals surface area contributed by atoms with Crippen molar-refractivity contribution in [1.29, 1.82) is 5.26 Å². The maximum absolute atomic E-state index is 9.22. The summed E-state index contributed by atoms with van der Waals surface area (Å²) in [7, 11) is 0. The maximum Gasteiger partial charge on any atom is 0.153 e. The van der Waals surface area contributed by atoms with Gasteiger partial charge in [-0.1, -0.05) is 23.7 Å². The molecular weight excluding hydrogens is 286 g/mol. The molecule has 2 heterocycles. The first kappa shape index (κ1) is 13.2. The number of nitriles is 1. The van der Waals surface area contributed by atoms with Gasteiger partial charge in [-0.25, -0.2) is 9.67 Å². The Bertz CT molecular complexity index is 804. The van der Waals surface area contributed by atoms with Crippen LogP contribution >= 0.6 is 11.6 Å². The van der Waals surface area contributed by atoms with Crippen LogP contribution in [0.5, 0.6) is 0 Å². The molecule has 0 radical (unpaired) electrons. The maximum atomic E-state index is 9.22. The number of nitrogens with one attached hydrogen (secondary N) is 1. The quantitative estimate of drug-likeness (QED) is 0.802. The van der Waals surface area contributed by atoms with Crippen molar-refractivity contribution in [2.45, 2.75) is 0 Å². The van der Waals surface area contributed by atoms with Gasteiger partial charge in [-0.05, 0) is 30.3 Å². The van der Waals surface area contributed by atoms with Crippen molar-refractivity contribution >= 4 is 23.2 Å². The Morgan fingerprint density at radius 3 is 2.81 bits per heavy atom. The van der Waals surface area contributed by atoms with E-state index in [0.717, 1.165) is 5.69 Å². The zero-order valence-electron chi connectivity index (χ0n) is 10.9. The molecule has 0 saturated heterocycles. The predicted octanol–water partition coefficient (Wildman–Crippen LogP) is 3.54. The summed E-state index contributed by atoms with van der Waals surface area (Å²) in [6.07, 6.45) is 3.18. The second-order valence-corrected chi connectivity index (χ2v) is 4.69. The lowest BCUT2D eigenvalue weighted by atomic mass is 10.3. The van der Waals surface area contributed by atoms with Crippen molar-refractivity contribution < 1.29 is 0 Å². The summed E-state index contributed by atoms with van der Waals surface area (Å²) in [5.41, 5.74) is 1.20. The van der Waals surface area contributed by atoms with Crippen LogP contribution in [0.15, 0.2) is 54.9 Å². The highest BCUT2D eigenvalue weighted by atomic mass is 35.5. The monoisotopic (exact) mass is 295 g/mol. The summed E-state index contributed by atoms with van der Waals surface area (Å²) < 4.78 is 1.62. The summed E-state index contributed by atoms with van der Waals surface area (Å²) in [5.74, 6) is 1.19. The predicted molar refractivity (Wildman–Crippen MR) is 80.8 cm³/mol. The average molecular weight is 296 g/mol. The van der Waals surface area contributed by atoms with Gasteiger partial charge in [0, 0.05) is 11.2 Å². The van der Waals surface area contributed by atoms with Crippen molar-refractivity contribution in [3.05, 3.63) is 65.4 Å². The van der Waals surface area contributed by atoms with Gasteiger partial charge < -0.3 is 5.32 Å². The van der Waals surface area contributed by atoms with Gasteiger partial charge in [0.25, 0.3) is 0 Å². The van der Waals surface area contributed by atoms with E-state index in [2.05, 4.69) is 21.5 Å². The van der Waals surface area contributed by atoms with E-state index >= 15 is 0 Å². The number of rotatable bonds is 3. The van der Waals surface area contributed by atoms with Crippen LogP contribution < -0.4 is 5.32 Å². The van der Waals surface area contributed by atoms with Gasteiger partial charge in [-0.2, -0.15) is 10.4 Å². The van der Waals surface area contributed by atoms with Gasteiger partial charge in [0.2, 0.25) is 0 Å². The highest BCUT2D eigenvalue weighted by Gasteiger charge is 2.13. The molecule has 0 spiro atoms. The normalized spacial score (nSPS) is 10.1. The van der Waals surface area contributed by atoms with Gasteiger partial charge in [-0.3, -0.25) is 0 Å². The van der Waals surface area contributed by atoms with Crippen molar-refractivity contribution in [3.8, 4) is 11.8 Å². The molecule has 0 fully saturated rings. The molecule has 1 aromatic carbocycles. The SMILES string of the molecule is N#Cc1cnn(-c2cccc(Cl)c2)c1Nc1ccccn1. The third-order valence-corrected chi connectivity index (χ3v) is 3.09. The van der Waals surface area contributed by atoms with Gasteiger partial charge in [0.05, 0.1) is 11.9 Å². The van der Waals surface area contributed by atoms with Crippen LogP contribution in [-0.2, 0) is 0 Å². The molecule has 102 valence electrons. The Hall–Kier alpha value is -2.84. The van der Waals surface area contributed by atoms with E-state index in [1.807, 2.05) is 30.3 Å². The van der Waals surface area contributed by atoms with E-state index in [-0.39, 0.29) is 0 Å². The molecule has 0 unspecified atom stereocenters. The second-order valence-electron chi connectivity index (χ2n) is 4.25. The van der Waals surface area contributed by atoms with Crippen LogP contribution in [-0.4, -0.2) is 14.8 Å². The third-order valence-electron chi connectivity index (χ3n) is 2.85. The van der Waals surface area contributed by atoms with Gasteiger partial charge in [-0.15, -0.1) is 0 Å². The smallest absolute Gasteiger partial charge is 0.153 e. The van der Waals surface area contributed by atoms with Crippen LogP contribution in [0.4, 0.5) is 11.6 Å². The van der Waals surface area contributed by atoms with Crippen molar-refractivity contribution in [1.82, 2.24) is 14.8 Å². The molecule has 0 aliphatic carbocycles. The molecular formula is C15H10ClN5. The molecule has 6 heteroatoms. The molecule has 1 N–H and O–H groups in total. The molecule has 0 atom stereocenters. The number of aromatic nitrogens is 3. The first-order chi connectivity index (χ1) is 10.3.